The van der Waals surface area contributed by atoms with Crippen molar-refractivity contribution in [2.24, 2.45) is 0 Å². The average molecular weight is 361 g/mol. The summed E-state index contributed by atoms with van der Waals surface area (Å²) in [6.07, 6.45) is 1.73. The number of halogens is 2. The third kappa shape index (κ3) is 2.63. The summed E-state index contributed by atoms with van der Waals surface area (Å²) < 4.78 is 0. The number of rotatable bonds is 1. The lowest BCUT2D eigenvalue weighted by Gasteiger charge is -2.23. The van der Waals surface area contributed by atoms with Crippen molar-refractivity contribution in [1.29, 1.82) is 0 Å². The van der Waals surface area contributed by atoms with E-state index in [-0.39, 0.29) is 5.56 Å². The molecule has 0 radical (unpaired) electrons. The fraction of sp³-hybridized carbons (Fsp3) is 0. The third-order valence-electron chi connectivity index (χ3n) is 3.61. The molecule has 2 aromatic carbocycles. The number of aromatic amines is 1. The van der Waals surface area contributed by atoms with Crippen LogP contribution in [0.4, 0.5) is 11.4 Å². The molecule has 3 aromatic rings. The van der Waals surface area contributed by atoms with E-state index in [1.165, 1.54) is 0 Å². The first kappa shape index (κ1) is 14.7. The van der Waals surface area contributed by atoms with E-state index in [9.17, 15) is 4.79 Å². The summed E-state index contributed by atoms with van der Waals surface area (Å²) in [5.41, 5.74) is 2.94. The highest BCUT2D eigenvalue weighted by atomic mass is 35.5. The van der Waals surface area contributed by atoms with Gasteiger partial charge in [-0.05, 0) is 35.9 Å². The predicted molar refractivity (Wildman–Crippen MR) is 96.4 cm³/mol. The van der Waals surface area contributed by atoms with Crippen molar-refractivity contribution in [2.75, 3.05) is 5.32 Å². The standard InChI is InChI=1S/C17H10Cl2N2OS/c18-10-3-1-9(2-4-10)15-16-14(8-20-17(15)22)23-13-6-5-11(19)7-12(13)21-16/h1-8,21H,(H,20,22). The Kier molecular flexibility index (Phi) is 3.60. The number of benzene rings is 2. The van der Waals surface area contributed by atoms with Crippen LogP contribution in [-0.2, 0) is 0 Å². The predicted octanol–water partition coefficient (Wildman–Crippen LogP) is 5.56. The Labute approximate surface area is 146 Å². The second-order valence-corrected chi connectivity index (χ2v) is 7.06. The molecule has 6 heteroatoms. The van der Waals surface area contributed by atoms with Crippen LogP contribution in [0.25, 0.3) is 11.1 Å². The zero-order valence-corrected chi connectivity index (χ0v) is 14.0. The van der Waals surface area contributed by atoms with Crippen molar-refractivity contribution in [3.8, 4) is 11.1 Å². The molecular formula is C17H10Cl2N2OS. The average Bonchev–Trinajstić information content (AvgIpc) is 2.54. The minimum atomic E-state index is -0.148. The van der Waals surface area contributed by atoms with Gasteiger partial charge in [0, 0.05) is 21.1 Å². The SMILES string of the molecule is O=c1[nH]cc2c(c1-c1ccc(Cl)cc1)Nc1cc(Cl)ccc1S2. The van der Waals surface area contributed by atoms with Crippen molar-refractivity contribution in [3.05, 3.63) is 69.1 Å². The monoisotopic (exact) mass is 360 g/mol. The Bertz CT molecular complexity index is 967. The van der Waals surface area contributed by atoms with Crippen LogP contribution in [0.3, 0.4) is 0 Å². The van der Waals surface area contributed by atoms with E-state index >= 15 is 0 Å². The maximum absolute atomic E-state index is 12.4. The van der Waals surface area contributed by atoms with Gasteiger partial charge >= 0.3 is 0 Å². The van der Waals surface area contributed by atoms with E-state index in [0.29, 0.717) is 15.6 Å². The van der Waals surface area contributed by atoms with E-state index in [2.05, 4.69) is 10.3 Å². The molecule has 2 N–H and O–H groups in total. The van der Waals surface area contributed by atoms with E-state index < -0.39 is 0 Å². The molecule has 0 aliphatic carbocycles. The zero-order chi connectivity index (χ0) is 16.0. The van der Waals surface area contributed by atoms with Crippen LogP contribution in [0.5, 0.6) is 0 Å². The molecule has 0 saturated carbocycles. The first-order chi connectivity index (χ1) is 11.1. The minimum absolute atomic E-state index is 0.148. The lowest BCUT2D eigenvalue weighted by Crippen LogP contribution is -2.14. The van der Waals surface area contributed by atoms with Crippen LogP contribution < -0.4 is 10.9 Å². The molecule has 2 heterocycles. The number of pyridine rings is 1. The fourth-order valence-electron chi connectivity index (χ4n) is 2.55. The van der Waals surface area contributed by atoms with E-state index in [0.717, 1.165) is 26.7 Å². The summed E-state index contributed by atoms with van der Waals surface area (Å²) in [7, 11) is 0. The van der Waals surface area contributed by atoms with Gasteiger partial charge in [0.15, 0.2) is 0 Å². The highest BCUT2D eigenvalue weighted by Gasteiger charge is 2.21. The summed E-state index contributed by atoms with van der Waals surface area (Å²) in [5, 5.41) is 4.63. The Hall–Kier alpha value is -1.88. The number of nitrogens with one attached hydrogen (secondary N) is 2. The van der Waals surface area contributed by atoms with Crippen LogP contribution in [0, 0.1) is 0 Å². The van der Waals surface area contributed by atoms with Gasteiger partial charge in [-0.2, -0.15) is 0 Å². The molecule has 1 aliphatic heterocycles. The second-order valence-electron chi connectivity index (χ2n) is 5.11. The van der Waals surface area contributed by atoms with Gasteiger partial charge in [0.2, 0.25) is 0 Å². The Morgan fingerprint density at radius 2 is 1.65 bits per heavy atom. The molecule has 1 aromatic heterocycles. The molecule has 0 atom stereocenters. The minimum Gasteiger partial charge on any atom is -0.353 e. The molecule has 23 heavy (non-hydrogen) atoms. The molecule has 4 rings (SSSR count). The Balaban J connectivity index is 1.90. The number of hydrogen-bond acceptors (Lipinski definition) is 3. The fourth-order valence-corrected chi connectivity index (χ4v) is 3.81. The molecule has 0 bridgehead atoms. The number of H-pyrrole nitrogens is 1. The summed E-state index contributed by atoms with van der Waals surface area (Å²) in [5.74, 6) is 0. The smallest absolute Gasteiger partial charge is 0.258 e. The maximum atomic E-state index is 12.4. The summed E-state index contributed by atoms with van der Waals surface area (Å²) in [6.45, 7) is 0. The summed E-state index contributed by atoms with van der Waals surface area (Å²) >= 11 is 13.6. The molecular weight excluding hydrogens is 351 g/mol. The lowest BCUT2D eigenvalue weighted by atomic mass is 10.1. The van der Waals surface area contributed by atoms with Crippen LogP contribution in [0.1, 0.15) is 0 Å². The number of fused-ring (bicyclic) bond motifs is 2. The van der Waals surface area contributed by atoms with Gasteiger partial charge in [0.05, 0.1) is 21.8 Å². The normalized spacial score (nSPS) is 12.3. The van der Waals surface area contributed by atoms with Gasteiger partial charge in [0.1, 0.15) is 0 Å². The van der Waals surface area contributed by atoms with E-state index in [4.69, 9.17) is 23.2 Å². The summed E-state index contributed by atoms with van der Waals surface area (Å²) in [4.78, 5) is 17.2. The molecule has 114 valence electrons. The second kappa shape index (κ2) is 5.64. The lowest BCUT2D eigenvalue weighted by molar-refractivity contribution is 1.16. The Morgan fingerprint density at radius 1 is 0.913 bits per heavy atom. The molecule has 0 spiro atoms. The van der Waals surface area contributed by atoms with Gasteiger partial charge in [-0.3, -0.25) is 4.79 Å². The van der Waals surface area contributed by atoms with Gasteiger partial charge in [-0.25, -0.2) is 0 Å². The third-order valence-corrected chi connectivity index (χ3v) is 5.22. The van der Waals surface area contributed by atoms with Crippen molar-refractivity contribution >= 4 is 46.3 Å². The van der Waals surface area contributed by atoms with Crippen molar-refractivity contribution in [2.45, 2.75) is 9.79 Å². The van der Waals surface area contributed by atoms with Gasteiger partial charge < -0.3 is 10.3 Å². The number of hydrogen-bond donors (Lipinski definition) is 2. The topological polar surface area (TPSA) is 44.9 Å². The van der Waals surface area contributed by atoms with Crippen molar-refractivity contribution in [3.63, 3.8) is 0 Å². The molecule has 1 aliphatic rings. The van der Waals surface area contributed by atoms with Crippen LogP contribution in [0.2, 0.25) is 10.0 Å². The number of aromatic nitrogens is 1. The number of anilines is 2. The first-order valence-electron chi connectivity index (χ1n) is 6.88. The Morgan fingerprint density at radius 3 is 2.43 bits per heavy atom. The highest BCUT2D eigenvalue weighted by Crippen LogP contribution is 2.47. The molecule has 3 nitrogen and oxygen atoms in total. The van der Waals surface area contributed by atoms with E-state index in [1.807, 2.05) is 30.3 Å². The highest BCUT2D eigenvalue weighted by molar-refractivity contribution is 7.99. The van der Waals surface area contributed by atoms with Crippen molar-refractivity contribution in [1.82, 2.24) is 4.98 Å². The molecule has 0 saturated heterocycles. The zero-order valence-electron chi connectivity index (χ0n) is 11.7. The molecule has 0 fully saturated rings. The maximum Gasteiger partial charge on any atom is 0.258 e. The van der Waals surface area contributed by atoms with Crippen LogP contribution >= 0.6 is 35.0 Å². The van der Waals surface area contributed by atoms with Crippen LogP contribution in [0.15, 0.2) is 63.2 Å². The van der Waals surface area contributed by atoms with Gasteiger partial charge in [-0.15, -0.1) is 0 Å². The van der Waals surface area contributed by atoms with Gasteiger partial charge in [0.25, 0.3) is 5.56 Å². The quantitative estimate of drug-likeness (QED) is 0.467. The van der Waals surface area contributed by atoms with E-state index in [1.54, 1.807) is 30.1 Å². The molecule has 0 unspecified atom stereocenters. The molecule has 0 amide bonds. The largest absolute Gasteiger partial charge is 0.353 e. The first-order valence-corrected chi connectivity index (χ1v) is 8.45. The summed E-state index contributed by atoms with van der Waals surface area (Å²) in [6, 6.07) is 12.9. The van der Waals surface area contributed by atoms with Crippen LogP contribution in [-0.4, -0.2) is 4.98 Å². The van der Waals surface area contributed by atoms with Gasteiger partial charge in [-0.1, -0.05) is 47.1 Å². The van der Waals surface area contributed by atoms with Crippen molar-refractivity contribution < 1.29 is 0 Å².